The van der Waals surface area contributed by atoms with Crippen LogP contribution in [-0.2, 0) is 5.54 Å². The van der Waals surface area contributed by atoms with E-state index in [-0.39, 0.29) is 5.54 Å². The average molecular weight is 245 g/mol. The molecule has 2 heteroatoms. The summed E-state index contributed by atoms with van der Waals surface area (Å²) in [7, 11) is 1.77. The third-order valence-corrected chi connectivity index (χ3v) is 4.57. The SMILES string of the molecule is COc1cc(C2(N)CCCCC2)ccc1C1CC1. The molecule has 0 saturated heterocycles. The first-order valence-electron chi connectivity index (χ1n) is 7.20. The molecule has 0 unspecified atom stereocenters. The van der Waals surface area contributed by atoms with Crippen molar-refractivity contribution in [2.24, 2.45) is 5.73 Å². The van der Waals surface area contributed by atoms with Gasteiger partial charge < -0.3 is 10.5 Å². The van der Waals surface area contributed by atoms with Gasteiger partial charge in [0, 0.05) is 5.54 Å². The first-order valence-corrected chi connectivity index (χ1v) is 7.20. The van der Waals surface area contributed by atoms with E-state index in [1.807, 2.05) is 0 Å². The summed E-state index contributed by atoms with van der Waals surface area (Å²) in [6.07, 6.45) is 8.67. The molecule has 2 aliphatic carbocycles. The van der Waals surface area contributed by atoms with Gasteiger partial charge in [0.05, 0.1) is 7.11 Å². The molecule has 0 aromatic heterocycles. The van der Waals surface area contributed by atoms with Crippen molar-refractivity contribution in [1.82, 2.24) is 0 Å². The first-order chi connectivity index (χ1) is 8.73. The van der Waals surface area contributed by atoms with Gasteiger partial charge in [0.1, 0.15) is 5.75 Å². The molecule has 0 spiro atoms. The molecule has 0 aliphatic heterocycles. The summed E-state index contributed by atoms with van der Waals surface area (Å²) in [6, 6.07) is 6.68. The van der Waals surface area contributed by atoms with Gasteiger partial charge in [0.2, 0.25) is 0 Å². The Morgan fingerprint density at radius 3 is 2.50 bits per heavy atom. The van der Waals surface area contributed by atoms with Crippen molar-refractivity contribution in [3.05, 3.63) is 29.3 Å². The fourth-order valence-corrected chi connectivity index (χ4v) is 3.22. The Hall–Kier alpha value is -1.02. The molecule has 0 atom stereocenters. The lowest BCUT2D eigenvalue weighted by Crippen LogP contribution is -2.38. The van der Waals surface area contributed by atoms with Crippen LogP contribution in [0.25, 0.3) is 0 Å². The van der Waals surface area contributed by atoms with E-state index in [1.54, 1.807) is 7.11 Å². The molecule has 2 fully saturated rings. The minimum Gasteiger partial charge on any atom is -0.496 e. The lowest BCUT2D eigenvalue weighted by atomic mass is 9.77. The Morgan fingerprint density at radius 1 is 1.17 bits per heavy atom. The highest BCUT2D eigenvalue weighted by molar-refractivity contribution is 5.44. The molecule has 0 radical (unpaired) electrons. The van der Waals surface area contributed by atoms with Gasteiger partial charge in [0.15, 0.2) is 0 Å². The molecule has 0 heterocycles. The van der Waals surface area contributed by atoms with Gasteiger partial charge in [-0.15, -0.1) is 0 Å². The zero-order valence-corrected chi connectivity index (χ0v) is 11.2. The number of ether oxygens (including phenoxy) is 1. The fourth-order valence-electron chi connectivity index (χ4n) is 3.22. The zero-order valence-electron chi connectivity index (χ0n) is 11.2. The molecule has 2 N–H and O–H groups in total. The van der Waals surface area contributed by atoms with Crippen molar-refractivity contribution in [3.63, 3.8) is 0 Å². The molecule has 2 aliphatic rings. The van der Waals surface area contributed by atoms with Crippen molar-refractivity contribution in [1.29, 1.82) is 0 Å². The standard InChI is InChI=1S/C16H23NO/c1-18-15-11-13(7-8-14(15)12-5-6-12)16(17)9-3-2-4-10-16/h7-8,11-12H,2-6,9-10,17H2,1H3. The highest BCUT2D eigenvalue weighted by Gasteiger charge is 2.32. The molecule has 18 heavy (non-hydrogen) atoms. The van der Waals surface area contributed by atoms with Gasteiger partial charge in [-0.1, -0.05) is 31.4 Å². The van der Waals surface area contributed by atoms with Crippen LogP contribution in [-0.4, -0.2) is 7.11 Å². The highest BCUT2D eigenvalue weighted by atomic mass is 16.5. The van der Waals surface area contributed by atoms with E-state index in [4.69, 9.17) is 10.5 Å². The number of methoxy groups -OCH3 is 1. The first kappa shape index (κ1) is 12.0. The third kappa shape index (κ3) is 2.14. The van der Waals surface area contributed by atoms with Gasteiger partial charge in [-0.2, -0.15) is 0 Å². The molecular weight excluding hydrogens is 222 g/mol. The molecule has 2 nitrogen and oxygen atoms in total. The molecule has 1 aromatic carbocycles. The van der Waals surface area contributed by atoms with Crippen molar-refractivity contribution >= 4 is 0 Å². The Labute approximate surface area is 110 Å². The summed E-state index contributed by atoms with van der Waals surface area (Å²) in [4.78, 5) is 0. The number of hydrogen-bond donors (Lipinski definition) is 1. The van der Waals surface area contributed by atoms with Crippen LogP contribution >= 0.6 is 0 Å². The van der Waals surface area contributed by atoms with Gasteiger partial charge in [0.25, 0.3) is 0 Å². The molecule has 2 saturated carbocycles. The van der Waals surface area contributed by atoms with E-state index in [1.165, 1.54) is 43.2 Å². The van der Waals surface area contributed by atoms with Crippen LogP contribution in [0.1, 0.15) is 62.0 Å². The minimum absolute atomic E-state index is 0.117. The van der Waals surface area contributed by atoms with Gasteiger partial charge in [-0.3, -0.25) is 0 Å². The van der Waals surface area contributed by atoms with E-state index in [2.05, 4.69) is 18.2 Å². The van der Waals surface area contributed by atoms with Crippen LogP contribution in [0, 0.1) is 0 Å². The van der Waals surface area contributed by atoms with Crippen LogP contribution < -0.4 is 10.5 Å². The summed E-state index contributed by atoms with van der Waals surface area (Å²) in [5.74, 6) is 1.78. The Balaban J connectivity index is 1.92. The van der Waals surface area contributed by atoms with Gasteiger partial charge in [-0.25, -0.2) is 0 Å². The fraction of sp³-hybridized carbons (Fsp3) is 0.625. The van der Waals surface area contributed by atoms with Crippen LogP contribution in [0.15, 0.2) is 18.2 Å². The smallest absolute Gasteiger partial charge is 0.122 e. The van der Waals surface area contributed by atoms with Crippen LogP contribution in [0.2, 0.25) is 0 Å². The van der Waals surface area contributed by atoms with Crippen molar-refractivity contribution in [2.45, 2.75) is 56.4 Å². The second kappa shape index (κ2) is 4.58. The quantitative estimate of drug-likeness (QED) is 0.881. The molecule has 3 rings (SSSR count). The van der Waals surface area contributed by atoms with Gasteiger partial charge in [-0.05, 0) is 48.8 Å². The summed E-state index contributed by atoms with van der Waals surface area (Å²) in [6.45, 7) is 0. The van der Waals surface area contributed by atoms with Crippen LogP contribution in [0.5, 0.6) is 5.75 Å². The zero-order chi connectivity index (χ0) is 12.6. The second-order valence-corrected chi connectivity index (χ2v) is 5.95. The Kier molecular flexibility index (Phi) is 3.06. The lowest BCUT2D eigenvalue weighted by Gasteiger charge is -2.34. The van der Waals surface area contributed by atoms with Crippen LogP contribution in [0.4, 0.5) is 0 Å². The third-order valence-electron chi connectivity index (χ3n) is 4.57. The van der Waals surface area contributed by atoms with E-state index >= 15 is 0 Å². The maximum absolute atomic E-state index is 6.59. The topological polar surface area (TPSA) is 35.2 Å². The monoisotopic (exact) mass is 245 g/mol. The average Bonchev–Trinajstić information content (AvgIpc) is 3.23. The van der Waals surface area contributed by atoms with Crippen molar-refractivity contribution < 1.29 is 4.74 Å². The highest BCUT2D eigenvalue weighted by Crippen LogP contribution is 2.46. The summed E-state index contributed by atoms with van der Waals surface area (Å²) in [5, 5.41) is 0. The van der Waals surface area contributed by atoms with E-state index < -0.39 is 0 Å². The molecule has 1 aromatic rings. The lowest BCUT2D eigenvalue weighted by molar-refractivity contribution is 0.300. The maximum Gasteiger partial charge on any atom is 0.122 e. The molecule has 98 valence electrons. The van der Waals surface area contributed by atoms with Crippen molar-refractivity contribution in [2.75, 3.05) is 7.11 Å². The molecular formula is C16H23NO. The normalized spacial score (nSPS) is 22.8. The molecule has 0 bridgehead atoms. The van der Waals surface area contributed by atoms with Gasteiger partial charge >= 0.3 is 0 Å². The molecule has 0 amide bonds. The Bertz CT molecular complexity index is 431. The summed E-state index contributed by atoms with van der Waals surface area (Å²) >= 11 is 0. The number of nitrogens with two attached hydrogens (primary N) is 1. The largest absolute Gasteiger partial charge is 0.496 e. The predicted molar refractivity (Wildman–Crippen MR) is 73.9 cm³/mol. The second-order valence-electron chi connectivity index (χ2n) is 5.95. The minimum atomic E-state index is -0.117. The van der Waals surface area contributed by atoms with Crippen LogP contribution in [0.3, 0.4) is 0 Å². The maximum atomic E-state index is 6.59. The van der Waals surface area contributed by atoms with Crippen molar-refractivity contribution in [3.8, 4) is 5.75 Å². The Morgan fingerprint density at radius 2 is 1.89 bits per heavy atom. The summed E-state index contributed by atoms with van der Waals surface area (Å²) in [5.41, 5.74) is 9.12. The van der Waals surface area contributed by atoms with E-state index in [0.717, 1.165) is 24.5 Å². The van der Waals surface area contributed by atoms with E-state index in [9.17, 15) is 0 Å². The summed E-state index contributed by atoms with van der Waals surface area (Å²) < 4.78 is 5.57. The van der Waals surface area contributed by atoms with E-state index in [0.29, 0.717) is 0 Å². The predicted octanol–water partition coefficient (Wildman–Crippen LogP) is 3.69. The number of rotatable bonds is 3. The number of benzene rings is 1. The number of hydrogen-bond acceptors (Lipinski definition) is 2.